The average Bonchev–Trinajstić information content (AvgIpc) is 2.73. The molecule has 0 amide bonds. The van der Waals surface area contributed by atoms with Crippen molar-refractivity contribution in [3.8, 4) is 17.0 Å². The molecular formula is C20H20ClN3O7S. The van der Waals surface area contributed by atoms with Crippen LogP contribution in [0.5, 0.6) is 5.75 Å². The van der Waals surface area contributed by atoms with Gasteiger partial charge in [0.25, 0.3) is 0 Å². The van der Waals surface area contributed by atoms with Crippen LogP contribution in [0.25, 0.3) is 11.3 Å². The van der Waals surface area contributed by atoms with Crippen LogP contribution in [0.4, 0.5) is 0 Å². The molecule has 3 heterocycles. The molecule has 0 N–H and O–H groups in total. The monoisotopic (exact) mass is 481 g/mol. The van der Waals surface area contributed by atoms with Crippen molar-refractivity contribution in [1.29, 1.82) is 0 Å². The molecule has 0 unspecified atom stereocenters. The summed E-state index contributed by atoms with van der Waals surface area (Å²) in [6, 6.07) is 3.29. The quantitative estimate of drug-likeness (QED) is 0.343. The van der Waals surface area contributed by atoms with Gasteiger partial charge in [-0.3, -0.25) is 14.4 Å². The number of halogens is 1. The van der Waals surface area contributed by atoms with Gasteiger partial charge in [0.15, 0.2) is 34.7 Å². The van der Waals surface area contributed by atoms with Gasteiger partial charge in [-0.25, -0.2) is 15.0 Å². The maximum atomic E-state index is 11.8. The molecule has 0 aliphatic carbocycles. The fourth-order valence-corrected chi connectivity index (χ4v) is 4.44. The highest BCUT2D eigenvalue weighted by Crippen LogP contribution is 2.36. The summed E-state index contributed by atoms with van der Waals surface area (Å²) in [5.74, 6) is -1.32. The predicted molar refractivity (Wildman–Crippen MR) is 114 cm³/mol. The van der Waals surface area contributed by atoms with Crippen molar-refractivity contribution in [3.63, 3.8) is 0 Å². The number of carbonyl (C=O) groups excluding carboxylic acids is 3. The van der Waals surface area contributed by atoms with Crippen molar-refractivity contribution in [2.75, 3.05) is 5.75 Å². The first kappa shape index (κ1) is 23.7. The van der Waals surface area contributed by atoms with Crippen LogP contribution < -0.4 is 4.74 Å². The maximum absolute atomic E-state index is 11.8. The number of pyridine rings is 1. The Balaban J connectivity index is 1.86. The van der Waals surface area contributed by atoms with Crippen LogP contribution in [0.3, 0.4) is 0 Å². The van der Waals surface area contributed by atoms with E-state index in [0.717, 1.165) is 0 Å². The zero-order valence-corrected chi connectivity index (χ0v) is 19.0. The van der Waals surface area contributed by atoms with Crippen LogP contribution in [0.2, 0.25) is 5.15 Å². The Labute approximate surface area is 193 Å². The number of carbonyl (C=O) groups is 3. The molecule has 4 atom stereocenters. The molecule has 3 rings (SSSR count). The van der Waals surface area contributed by atoms with Crippen LogP contribution in [0, 0.1) is 0 Å². The summed E-state index contributed by atoms with van der Waals surface area (Å²) in [5.41, 5.74) is 0.411. The van der Waals surface area contributed by atoms with E-state index in [1.807, 2.05) is 0 Å². The third kappa shape index (κ3) is 6.07. The van der Waals surface area contributed by atoms with Crippen molar-refractivity contribution in [3.05, 3.63) is 36.0 Å². The van der Waals surface area contributed by atoms with Crippen molar-refractivity contribution < 1.29 is 33.3 Å². The number of hydrogen-bond donors (Lipinski definition) is 0. The summed E-state index contributed by atoms with van der Waals surface area (Å²) in [6.45, 7) is 3.66. The molecule has 0 saturated carbocycles. The summed E-state index contributed by atoms with van der Waals surface area (Å²) < 4.78 is 22.0. The molecule has 170 valence electrons. The largest absolute Gasteiger partial charge is 0.472 e. The van der Waals surface area contributed by atoms with Crippen LogP contribution >= 0.6 is 23.4 Å². The molecule has 12 heteroatoms. The molecule has 2 aromatic heterocycles. The van der Waals surface area contributed by atoms with E-state index in [-0.39, 0.29) is 16.7 Å². The number of rotatable bonds is 6. The minimum Gasteiger partial charge on any atom is -0.472 e. The highest BCUT2D eigenvalue weighted by Gasteiger charge is 2.47. The van der Waals surface area contributed by atoms with E-state index >= 15 is 0 Å². The fourth-order valence-electron chi connectivity index (χ4n) is 3.04. The third-order valence-electron chi connectivity index (χ3n) is 4.22. The molecule has 2 aromatic rings. The molecule has 1 fully saturated rings. The Bertz CT molecular complexity index is 994. The summed E-state index contributed by atoms with van der Waals surface area (Å²) >= 11 is 7.55. The lowest BCUT2D eigenvalue weighted by Crippen LogP contribution is -2.55. The topological polar surface area (TPSA) is 127 Å². The van der Waals surface area contributed by atoms with Crippen molar-refractivity contribution >= 4 is 41.3 Å². The third-order valence-corrected chi connectivity index (χ3v) is 5.70. The zero-order chi connectivity index (χ0) is 23.3. The summed E-state index contributed by atoms with van der Waals surface area (Å²) in [4.78, 5) is 47.1. The lowest BCUT2D eigenvalue weighted by molar-refractivity contribution is -0.186. The van der Waals surface area contributed by atoms with Gasteiger partial charge in [-0.05, 0) is 12.1 Å². The minimum absolute atomic E-state index is 0.0691. The summed E-state index contributed by atoms with van der Waals surface area (Å²) in [5, 5.41) is 0.0691. The lowest BCUT2D eigenvalue weighted by atomic mass is 10.1. The van der Waals surface area contributed by atoms with Gasteiger partial charge in [0.2, 0.25) is 0 Å². The van der Waals surface area contributed by atoms with E-state index in [1.54, 1.807) is 24.5 Å². The number of aromatic nitrogens is 3. The SMILES string of the molecule is CC(=O)O[C@@H]1[C@@H](OC(C)=O)[C@H](OC(C)=O)CS[C@H]1Oc1ccc(-c2cncnc2)nc1Cl. The summed E-state index contributed by atoms with van der Waals surface area (Å²) in [6.07, 6.45) is 1.66. The van der Waals surface area contributed by atoms with Crippen molar-refractivity contribution in [1.82, 2.24) is 15.0 Å². The van der Waals surface area contributed by atoms with Crippen LogP contribution in [-0.4, -0.2) is 62.4 Å². The lowest BCUT2D eigenvalue weighted by Gasteiger charge is -2.39. The Kier molecular flexibility index (Phi) is 7.86. The Morgan fingerprint density at radius 2 is 1.59 bits per heavy atom. The highest BCUT2D eigenvalue weighted by molar-refractivity contribution is 7.99. The van der Waals surface area contributed by atoms with Crippen LogP contribution in [0.15, 0.2) is 30.9 Å². The van der Waals surface area contributed by atoms with E-state index in [4.69, 9.17) is 30.5 Å². The molecule has 0 aromatic carbocycles. The smallest absolute Gasteiger partial charge is 0.303 e. The van der Waals surface area contributed by atoms with Gasteiger partial charge in [-0.2, -0.15) is 0 Å². The Morgan fingerprint density at radius 3 is 2.19 bits per heavy atom. The molecule has 1 aliphatic rings. The first-order chi connectivity index (χ1) is 15.2. The predicted octanol–water partition coefficient (Wildman–Crippen LogP) is 2.44. The Hall–Kier alpha value is -2.92. The number of thioether (sulfide) groups is 1. The summed E-state index contributed by atoms with van der Waals surface area (Å²) in [7, 11) is 0. The molecular weight excluding hydrogens is 462 g/mol. The molecule has 32 heavy (non-hydrogen) atoms. The second-order valence-corrected chi connectivity index (χ2v) is 8.22. The van der Waals surface area contributed by atoms with Gasteiger partial charge in [-0.15, -0.1) is 11.8 Å². The molecule has 0 radical (unpaired) electrons. The van der Waals surface area contributed by atoms with Gasteiger partial charge >= 0.3 is 17.9 Å². The maximum Gasteiger partial charge on any atom is 0.303 e. The molecule has 10 nitrogen and oxygen atoms in total. The minimum atomic E-state index is -1.06. The van der Waals surface area contributed by atoms with Crippen molar-refractivity contribution in [2.45, 2.75) is 44.5 Å². The second-order valence-electron chi connectivity index (χ2n) is 6.73. The van der Waals surface area contributed by atoms with Gasteiger partial charge in [0.05, 0.1) is 5.69 Å². The highest BCUT2D eigenvalue weighted by atomic mass is 35.5. The first-order valence-corrected chi connectivity index (χ1v) is 10.9. The van der Waals surface area contributed by atoms with Gasteiger partial charge < -0.3 is 18.9 Å². The molecule has 0 bridgehead atoms. The van der Waals surface area contributed by atoms with Crippen LogP contribution in [0.1, 0.15) is 20.8 Å². The standard InChI is InChI=1S/C20H20ClN3O7S/c1-10(25)28-16-8-32-20(18(30-12(3)27)17(16)29-11(2)26)31-15-5-4-14(24-19(15)21)13-6-22-9-23-7-13/h4-7,9,16-18,20H,8H2,1-3H3/t16-,17+,18-,20-/m1/s1. The van der Waals surface area contributed by atoms with E-state index < -0.39 is 41.7 Å². The van der Waals surface area contributed by atoms with E-state index in [2.05, 4.69) is 15.0 Å². The number of nitrogens with zero attached hydrogens (tertiary/aromatic N) is 3. The number of esters is 3. The molecule has 0 spiro atoms. The van der Waals surface area contributed by atoms with E-state index in [0.29, 0.717) is 11.3 Å². The second kappa shape index (κ2) is 10.6. The number of hydrogen-bond acceptors (Lipinski definition) is 11. The zero-order valence-electron chi connectivity index (χ0n) is 17.4. The molecule has 1 aliphatic heterocycles. The van der Waals surface area contributed by atoms with E-state index in [1.165, 1.54) is 38.9 Å². The Morgan fingerprint density at radius 1 is 0.969 bits per heavy atom. The normalized spacial score (nSPS) is 22.5. The fraction of sp³-hybridized carbons (Fsp3) is 0.400. The van der Waals surface area contributed by atoms with Gasteiger partial charge in [0, 0.05) is 44.5 Å². The number of ether oxygens (including phenoxy) is 4. The average molecular weight is 482 g/mol. The van der Waals surface area contributed by atoms with E-state index in [9.17, 15) is 14.4 Å². The van der Waals surface area contributed by atoms with Crippen molar-refractivity contribution in [2.24, 2.45) is 0 Å². The van der Waals surface area contributed by atoms with Gasteiger partial charge in [0.1, 0.15) is 6.33 Å². The van der Waals surface area contributed by atoms with Crippen LogP contribution in [-0.2, 0) is 28.6 Å². The molecule has 1 saturated heterocycles. The van der Waals surface area contributed by atoms with Gasteiger partial charge in [-0.1, -0.05) is 11.6 Å². The first-order valence-electron chi connectivity index (χ1n) is 9.46.